The monoisotopic (exact) mass is 354 g/mol. The number of imide groups is 1. The van der Waals surface area contributed by atoms with Crippen LogP contribution in [0.1, 0.15) is 29.7 Å². The zero-order chi connectivity index (χ0) is 18.9. The number of esters is 1. The lowest BCUT2D eigenvalue weighted by molar-refractivity contribution is -0.155. The second kappa shape index (κ2) is 9.36. The summed E-state index contributed by atoms with van der Waals surface area (Å²) in [6.45, 7) is 4.07. The molecule has 6 heteroatoms. The molecule has 2 aromatic carbocycles. The van der Waals surface area contributed by atoms with Crippen molar-refractivity contribution in [1.82, 2.24) is 10.6 Å². The van der Waals surface area contributed by atoms with E-state index >= 15 is 0 Å². The molecule has 26 heavy (non-hydrogen) atoms. The number of amides is 3. The lowest BCUT2D eigenvalue weighted by Gasteiger charge is -2.17. The van der Waals surface area contributed by atoms with Crippen molar-refractivity contribution in [2.75, 3.05) is 6.54 Å². The van der Waals surface area contributed by atoms with Gasteiger partial charge in [-0.2, -0.15) is 0 Å². The molecule has 3 amide bonds. The van der Waals surface area contributed by atoms with Crippen molar-refractivity contribution in [3.63, 3.8) is 0 Å². The zero-order valence-corrected chi connectivity index (χ0v) is 14.8. The molecule has 1 atom stereocenters. The lowest BCUT2D eigenvalue weighted by Crippen LogP contribution is -2.42. The van der Waals surface area contributed by atoms with E-state index in [-0.39, 0.29) is 6.42 Å². The Balaban J connectivity index is 2.10. The molecule has 6 nitrogen and oxygen atoms in total. The summed E-state index contributed by atoms with van der Waals surface area (Å²) in [6.07, 6.45) is -1.16. The molecule has 2 aromatic rings. The van der Waals surface area contributed by atoms with Gasteiger partial charge < -0.3 is 10.1 Å². The fraction of sp³-hybridized carbons (Fsp3) is 0.250. The third kappa shape index (κ3) is 5.73. The normalized spacial score (nSPS) is 11.3. The van der Waals surface area contributed by atoms with Crippen LogP contribution in [-0.4, -0.2) is 24.5 Å². The van der Waals surface area contributed by atoms with Gasteiger partial charge in [-0.3, -0.25) is 14.9 Å². The third-order valence-electron chi connectivity index (χ3n) is 3.63. The van der Waals surface area contributed by atoms with Crippen LogP contribution < -0.4 is 10.6 Å². The molecule has 0 heterocycles. The van der Waals surface area contributed by atoms with Crippen molar-refractivity contribution in [3.05, 3.63) is 71.3 Å². The van der Waals surface area contributed by atoms with Gasteiger partial charge in [0.25, 0.3) is 5.91 Å². The first-order valence-electron chi connectivity index (χ1n) is 8.38. The van der Waals surface area contributed by atoms with Gasteiger partial charge in [-0.15, -0.1) is 0 Å². The Kier molecular flexibility index (Phi) is 6.91. The maximum absolute atomic E-state index is 12.4. The first kappa shape index (κ1) is 19.2. The Bertz CT molecular complexity index is 757. The summed E-state index contributed by atoms with van der Waals surface area (Å²) in [5, 5.41) is 4.66. The van der Waals surface area contributed by atoms with E-state index in [1.807, 2.05) is 31.2 Å². The van der Waals surface area contributed by atoms with Crippen molar-refractivity contribution in [2.45, 2.75) is 26.4 Å². The highest BCUT2D eigenvalue weighted by molar-refractivity contribution is 5.97. The Hall–Kier alpha value is -3.15. The van der Waals surface area contributed by atoms with Crippen molar-refractivity contribution >= 4 is 17.9 Å². The quantitative estimate of drug-likeness (QED) is 0.781. The standard InChI is InChI=1S/C20H22N2O4/c1-3-21-20(25)22-19(24)18(16-7-5-4-6-8-16)26-17(23)13-15-11-9-14(2)10-12-15/h4-12,18H,3,13H2,1-2H3,(H2,21,22,24,25)/t18-/m0/s1. The molecule has 0 aliphatic rings. The summed E-state index contributed by atoms with van der Waals surface area (Å²) in [5.74, 6) is -1.24. The van der Waals surface area contributed by atoms with Crippen LogP contribution in [-0.2, 0) is 20.7 Å². The van der Waals surface area contributed by atoms with Crippen LogP contribution in [0.3, 0.4) is 0 Å². The van der Waals surface area contributed by atoms with Gasteiger partial charge in [-0.1, -0.05) is 60.2 Å². The average molecular weight is 354 g/mol. The Morgan fingerprint density at radius 2 is 1.65 bits per heavy atom. The van der Waals surface area contributed by atoms with E-state index in [4.69, 9.17) is 4.74 Å². The summed E-state index contributed by atoms with van der Waals surface area (Å²) in [4.78, 5) is 36.3. The highest BCUT2D eigenvalue weighted by Crippen LogP contribution is 2.19. The summed E-state index contributed by atoms with van der Waals surface area (Å²) >= 11 is 0. The van der Waals surface area contributed by atoms with E-state index in [0.29, 0.717) is 12.1 Å². The molecule has 0 aromatic heterocycles. The molecule has 2 rings (SSSR count). The minimum Gasteiger partial charge on any atom is -0.447 e. The van der Waals surface area contributed by atoms with Crippen molar-refractivity contribution in [3.8, 4) is 0 Å². The first-order valence-corrected chi connectivity index (χ1v) is 8.38. The van der Waals surface area contributed by atoms with E-state index in [0.717, 1.165) is 11.1 Å². The van der Waals surface area contributed by atoms with E-state index in [1.54, 1.807) is 37.3 Å². The van der Waals surface area contributed by atoms with Gasteiger partial charge >= 0.3 is 12.0 Å². The molecule has 136 valence electrons. The van der Waals surface area contributed by atoms with Crippen LogP contribution in [0.25, 0.3) is 0 Å². The number of ether oxygens (including phenoxy) is 1. The van der Waals surface area contributed by atoms with Crippen LogP contribution >= 0.6 is 0 Å². The Labute approximate surface area is 152 Å². The molecular weight excluding hydrogens is 332 g/mol. The van der Waals surface area contributed by atoms with Gasteiger partial charge in [0.1, 0.15) is 0 Å². The maximum atomic E-state index is 12.4. The molecule has 0 bridgehead atoms. The molecule has 0 saturated heterocycles. The average Bonchev–Trinajstić information content (AvgIpc) is 2.62. The van der Waals surface area contributed by atoms with E-state index in [1.165, 1.54) is 0 Å². The van der Waals surface area contributed by atoms with E-state index in [9.17, 15) is 14.4 Å². The summed E-state index contributed by atoms with van der Waals surface area (Å²) in [7, 11) is 0. The molecule has 0 aliphatic carbocycles. The summed E-state index contributed by atoms with van der Waals surface area (Å²) in [6, 6.07) is 15.4. The summed E-state index contributed by atoms with van der Waals surface area (Å²) < 4.78 is 5.38. The largest absolute Gasteiger partial charge is 0.447 e. The fourth-order valence-electron chi connectivity index (χ4n) is 2.33. The molecule has 0 unspecified atom stereocenters. The van der Waals surface area contributed by atoms with Gasteiger partial charge in [0.15, 0.2) is 0 Å². The van der Waals surface area contributed by atoms with Crippen LogP contribution in [0, 0.1) is 6.92 Å². The number of benzene rings is 2. The number of rotatable bonds is 6. The zero-order valence-electron chi connectivity index (χ0n) is 14.8. The number of nitrogens with one attached hydrogen (secondary N) is 2. The molecule has 0 radical (unpaired) electrons. The van der Waals surface area contributed by atoms with Gasteiger partial charge in [0.05, 0.1) is 6.42 Å². The molecule has 0 spiro atoms. The smallest absolute Gasteiger partial charge is 0.321 e. The Morgan fingerprint density at radius 1 is 1.00 bits per heavy atom. The molecule has 0 aliphatic heterocycles. The fourth-order valence-corrected chi connectivity index (χ4v) is 2.33. The van der Waals surface area contributed by atoms with Gasteiger partial charge in [0.2, 0.25) is 6.10 Å². The van der Waals surface area contributed by atoms with E-state index in [2.05, 4.69) is 10.6 Å². The number of hydrogen-bond donors (Lipinski definition) is 2. The van der Waals surface area contributed by atoms with Crippen molar-refractivity contribution < 1.29 is 19.1 Å². The summed E-state index contributed by atoms with van der Waals surface area (Å²) in [5.41, 5.74) is 2.37. The van der Waals surface area contributed by atoms with Crippen LogP contribution in [0.2, 0.25) is 0 Å². The number of hydrogen-bond acceptors (Lipinski definition) is 4. The van der Waals surface area contributed by atoms with E-state index < -0.39 is 24.0 Å². The van der Waals surface area contributed by atoms with Crippen molar-refractivity contribution in [2.24, 2.45) is 0 Å². The Morgan fingerprint density at radius 3 is 2.27 bits per heavy atom. The van der Waals surface area contributed by atoms with Gasteiger partial charge in [0, 0.05) is 12.1 Å². The lowest BCUT2D eigenvalue weighted by atomic mass is 10.1. The number of carbonyl (C=O) groups is 3. The maximum Gasteiger partial charge on any atom is 0.321 e. The molecule has 0 saturated carbocycles. The van der Waals surface area contributed by atoms with Gasteiger partial charge in [-0.25, -0.2) is 4.79 Å². The molecular formula is C20H22N2O4. The number of urea groups is 1. The molecule has 0 fully saturated rings. The van der Waals surface area contributed by atoms with Crippen molar-refractivity contribution in [1.29, 1.82) is 0 Å². The number of carbonyl (C=O) groups excluding carboxylic acids is 3. The van der Waals surface area contributed by atoms with Crippen LogP contribution in [0.15, 0.2) is 54.6 Å². The highest BCUT2D eigenvalue weighted by atomic mass is 16.5. The second-order valence-electron chi connectivity index (χ2n) is 5.79. The predicted molar refractivity (Wildman–Crippen MR) is 97.4 cm³/mol. The SMILES string of the molecule is CCNC(=O)NC(=O)[C@@H](OC(=O)Cc1ccc(C)cc1)c1ccccc1. The predicted octanol–water partition coefficient (Wildman–Crippen LogP) is 2.67. The molecule has 2 N–H and O–H groups in total. The van der Waals surface area contributed by atoms with Crippen LogP contribution in [0.5, 0.6) is 0 Å². The highest BCUT2D eigenvalue weighted by Gasteiger charge is 2.26. The topological polar surface area (TPSA) is 84.5 Å². The second-order valence-corrected chi connectivity index (χ2v) is 5.79. The van der Waals surface area contributed by atoms with Gasteiger partial charge in [-0.05, 0) is 19.4 Å². The third-order valence-corrected chi connectivity index (χ3v) is 3.63. The van der Waals surface area contributed by atoms with Crippen LogP contribution in [0.4, 0.5) is 4.79 Å². The minimum absolute atomic E-state index is 0.0397. The number of aryl methyl sites for hydroxylation is 1. The first-order chi connectivity index (χ1) is 12.5. The minimum atomic E-state index is -1.20.